The molecule has 5 nitrogen and oxygen atoms in total. The van der Waals surface area contributed by atoms with Crippen molar-refractivity contribution in [2.24, 2.45) is 5.10 Å². The first kappa shape index (κ1) is 18.6. The Kier molecular flexibility index (Phi) is 5.89. The number of rotatable bonds is 5. The van der Waals surface area contributed by atoms with Gasteiger partial charge in [-0.1, -0.05) is 45.0 Å². The van der Waals surface area contributed by atoms with Gasteiger partial charge in [0.15, 0.2) is 5.82 Å². The van der Waals surface area contributed by atoms with Gasteiger partial charge in [-0.2, -0.15) is 10.4 Å². The average molecular weight is 336 g/mol. The maximum Gasteiger partial charge on any atom is 0.164 e. The number of aromatic nitrogens is 1. The van der Waals surface area contributed by atoms with Gasteiger partial charge in [0.1, 0.15) is 11.6 Å². The first-order valence-electron chi connectivity index (χ1n) is 8.14. The number of anilines is 1. The van der Waals surface area contributed by atoms with E-state index in [9.17, 15) is 5.26 Å². The molecule has 0 saturated carbocycles. The fourth-order valence-corrected chi connectivity index (χ4v) is 2.45. The highest BCUT2D eigenvalue weighted by molar-refractivity contribution is 5.80. The zero-order valence-corrected chi connectivity index (χ0v) is 15.4. The first-order chi connectivity index (χ1) is 11.8. The van der Waals surface area contributed by atoms with Gasteiger partial charge in [-0.3, -0.25) is 5.43 Å². The van der Waals surface area contributed by atoms with Crippen LogP contribution in [-0.2, 0) is 16.8 Å². The quantitative estimate of drug-likeness (QED) is 0.658. The van der Waals surface area contributed by atoms with Gasteiger partial charge in [0, 0.05) is 18.4 Å². The molecule has 1 aromatic carbocycles. The molecule has 0 saturated heterocycles. The highest BCUT2D eigenvalue weighted by Gasteiger charge is 2.13. The summed E-state index contributed by atoms with van der Waals surface area (Å²) in [6, 6.07) is 12.3. The van der Waals surface area contributed by atoms with Gasteiger partial charge in [-0.05, 0) is 29.5 Å². The standard InChI is InChI=1S/C20H24N4O/c1-14-10-16(13-25-5)18(11-21)19(23-14)24-22-12-15-6-8-17(9-7-15)20(2,3)4/h6-10,12H,13H2,1-5H3,(H,23,24)/b22-12-. The molecular formula is C20H24N4O. The number of ether oxygens (including phenoxy) is 1. The van der Waals surface area contributed by atoms with Crippen molar-refractivity contribution in [1.29, 1.82) is 5.26 Å². The maximum atomic E-state index is 9.40. The summed E-state index contributed by atoms with van der Waals surface area (Å²) in [5, 5.41) is 13.6. The second-order valence-electron chi connectivity index (χ2n) is 6.93. The Morgan fingerprint density at radius 3 is 2.52 bits per heavy atom. The fraction of sp³-hybridized carbons (Fsp3) is 0.350. The number of aryl methyl sites for hydroxylation is 1. The largest absolute Gasteiger partial charge is 0.380 e. The summed E-state index contributed by atoms with van der Waals surface area (Å²) < 4.78 is 5.15. The van der Waals surface area contributed by atoms with Crippen LogP contribution >= 0.6 is 0 Å². The minimum atomic E-state index is 0.124. The van der Waals surface area contributed by atoms with E-state index in [0.29, 0.717) is 18.0 Å². The Balaban J connectivity index is 2.18. The van der Waals surface area contributed by atoms with Crippen LogP contribution in [0.15, 0.2) is 35.4 Å². The van der Waals surface area contributed by atoms with Gasteiger partial charge >= 0.3 is 0 Å². The average Bonchev–Trinajstić information content (AvgIpc) is 2.54. The van der Waals surface area contributed by atoms with E-state index in [1.54, 1.807) is 13.3 Å². The summed E-state index contributed by atoms with van der Waals surface area (Å²) in [6.07, 6.45) is 1.72. The molecule has 0 aliphatic rings. The van der Waals surface area contributed by atoms with Crippen molar-refractivity contribution >= 4 is 12.0 Å². The molecule has 1 heterocycles. The van der Waals surface area contributed by atoms with Crippen molar-refractivity contribution < 1.29 is 4.74 Å². The van der Waals surface area contributed by atoms with Crippen LogP contribution in [0.3, 0.4) is 0 Å². The number of hydrogen-bond acceptors (Lipinski definition) is 5. The molecule has 0 unspecified atom stereocenters. The van der Waals surface area contributed by atoms with Crippen LogP contribution in [0.2, 0.25) is 0 Å². The van der Waals surface area contributed by atoms with E-state index in [-0.39, 0.29) is 5.41 Å². The van der Waals surface area contributed by atoms with Gasteiger partial charge < -0.3 is 4.74 Å². The van der Waals surface area contributed by atoms with Gasteiger partial charge in [0.05, 0.1) is 12.8 Å². The smallest absolute Gasteiger partial charge is 0.164 e. The van der Waals surface area contributed by atoms with Crippen molar-refractivity contribution in [3.8, 4) is 6.07 Å². The summed E-state index contributed by atoms with van der Waals surface area (Å²) in [5.41, 5.74) is 7.30. The number of hydrazone groups is 1. The lowest BCUT2D eigenvalue weighted by Crippen LogP contribution is -2.10. The van der Waals surface area contributed by atoms with Crippen LogP contribution in [0.4, 0.5) is 5.82 Å². The van der Waals surface area contributed by atoms with Crippen molar-refractivity contribution in [3.05, 3.63) is 58.3 Å². The van der Waals surface area contributed by atoms with E-state index in [0.717, 1.165) is 16.8 Å². The number of benzene rings is 1. The zero-order chi connectivity index (χ0) is 18.4. The SMILES string of the molecule is COCc1cc(C)nc(N/N=C\c2ccc(C(C)(C)C)cc2)c1C#N. The van der Waals surface area contributed by atoms with E-state index < -0.39 is 0 Å². The van der Waals surface area contributed by atoms with Crippen LogP contribution < -0.4 is 5.43 Å². The summed E-state index contributed by atoms with van der Waals surface area (Å²) in [5.74, 6) is 0.442. The Morgan fingerprint density at radius 1 is 1.28 bits per heavy atom. The molecule has 1 N–H and O–H groups in total. The number of hydrogen-bond donors (Lipinski definition) is 1. The number of nitriles is 1. The number of nitrogens with zero attached hydrogens (tertiary/aromatic N) is 3. The van der Waals surface area contributed by atoms with Gasteiger partial charge in [-0.25, -0.2) is 4.98 Å². The number of nitrogens with one attached hydrogen (secondary N) is 1. The van der Waals surface area contributed by atoms with Crippen molar-refractivity contribution in [2.75, 3.05) is 12.5 Å². The van der Waals surface area contributed by atoms with Crippen LogP contribution in [-0.4, -0.2) is 18.3 Å². The molecule has 0 aliphatic heterocycles. The third-order valence-corrected chi connectivity index (χ3v) is 3.80. The molecule has 1 aromatic heterocycles. The minimum absolute atomic E-state index is 0.124. The van der Waals surface area contributed by atoms with E-state index in [1.165, 1.54) is 5.56 Å². The van der Waals surface area contributed by atoms with Crippen LogP contribution in [0.5, 0.6) is 0 Å². The highest BCUT2D eigenvalue weighted by atomic mass is 16.5. The molecule has 0 amide bonds. The van der Waals surface area contributed by atoms with Gasteiger partial charge in [-0.15, -0.1) is 0 Å². The lowest BCUT2D eigenvalue weighted by Gasteiger charge is -2.18. The Labute approximate surface area is 149 Å². The van der Waals surface area contributed by atoms with Crippen molar-refractivity contribution in [3.63, 3.8) is 0 Å². The Morgan fingerprint density at radius 2 is 1.96 bits per heavy atom. The van der Waals surface area contributed by atoms with E-state index in [2.05, 4.69) is 54.5 Å². The Bertz CT molecular complexity index is 796. The van der Waals surface area contributed by atoms with E-state index in [1.807, 2.05) is 25.1 Å². The van der Waals surface area contributed by atoms with Gasteiger partial charge in [0.2, 0.25) is 0 Å². The predicted octanol–water partition coefficient (Wildman–Crippen LogP) is 4.15. The lowest BCUT2D eigenvalue weighted by atomic mass is 9.87. The summed E-state index contributed by atoms with van der Waals surface area (Å²) in [6.45, 7) is 8.78. The molecule has 2 rings (SSSR count). The summed E-state index contributed by atoms with van der Waals surface area (Å²) >= 11 is 0. The molecule has 0 radical (unpaired) electrons. The predicted molar refractivity (Wildman–Crippen MR) is 101 cm³/mol. The number of methoxy groups -OCH3 is 1. The van der Waals surface area contributed by atoms with E-state index in [4.69, 9.17) is 4.74 Å². The third kappa shape index (κ3) is 4.88. The monoisotopic (exact) mass is 336 g/mol. The molecule has 2 aromatic rings. The molecule has 0 atom stereocenters. The topological polar surface area (TPSA) is 70.3 Å². The van der Waals surface area contributed by atoms with Crippen LogP contribution in [0.1, 0.15) is 48.7 Å². The molecule has 0 aliphatic carbocycles. The number of pyridine rings is 1. The van der Waals surface area contributed by atoms with Crippen LogP contribution in [0, 0.1) is 18.3 Å². The second-order valence-corrected chi connectivity index (χ2v) is 6.93. The third-order valence-electron chi connectivity index (χ3n) is 3.80. The molecule has 0 fully saturated rings. The first-order valence-corrected chi connectivity index (χ1v) is 8.14. The zero-order valence-electron chi connectivity index (χ0n) is 15.4. The Hall–Kier alpha value is -2.71. The summed E-state index contributed by atoms with van der Waals surface area (Å²) in [7, 11) is 1.60. The second kappa shape index (κ2) is 7.91. The van der Waals surface area contributed by atoms with Crippen molar-refractivity contribution in [1.82, 2.24) is 4.98 Å². The molecule has 0 bridgehead atoms. The fourth-order valence-electron chi connectivity index (χ4n) is 2.45. The highest BCUT2D eigenvalue weighted by Crippen LogP contribution is 2.22. The van der Waals surface area contributed by atoms with Crippen LogP contribution in [0.25, 0.3) is 0 Å². The molecule has 0 spiro atoms. The molecular weight excluding hydrogens is 312 g/mol. The molecule has 130 valence electrons. The van der Waals surface area contributed by atoms with Crippen molar-refractivity contribution in [2.45, 2.75) is 39.7 Å². The minimum Gasteiger partial charge on any atom is -0.380 e. The normalized spacial score (nSPS) is 11.5. The van der Waals surface area contributed by atoms with E-state index >= 15 is 0 Å². The lowest BCUT2D eigenvalue weighted by molar-refractivity contribution is 0.184. The summed E-state index contributed by atoms with van der Waals surface area (Å²) in [4.78, 5) is 4.36. The molecule has 5 heteroatoms. The van der Waals surface area contributed by atoms with Gasteiger partial charge in [0.25, 0.3) is 0 Å². The molecule has 25 heavy (non-hydrogen) atoms. The maximum absolute atomic E-state index is 9.40.